The van der Waals surface area contributed by atoms with Crippen LogP contribution < -0.4 is 4.72 Å². The number of hydrogen-bond acceptors (Lipinski definition) is 4. The van der Waals surface area contributed by atoms with Gasteiger partial charge >= 0.3 is 0 Å². The van der Waals surface area contributed by atoms with Gasteiger partial charge < -0.3 is 4.52 Å². The third-order valence-electron chi connectivity index (χ3n) is 2.65. The molecule has 96 valence electrons. The standard InChI is InChI=1S/C12H14N2O3S/c1-8-4-5-11(6-9(8)2)18(15,16)14-12-7-10(3)13-17-12/h4-7,14H,1-3H3. The highest BCUT2D eigenvalue weighted by Crippen LogP contribution is 2.19. The minimum atomic E-state index is -3.62. The van der Waals surface area contributed by atoms with Crippen molar-refractivity contribution in [1.82, 2.24) is 5.16 Å². The quantitative estimate of drug-likeness (QED) is 0.925. The van der Waals surface area contributed by atoms with E-state index in [-0.39, 0.29) is 10.8 Å². The molecule has 2 rings (SSSR count). The molecule has 0 saturated carbocycles. The summed E-state index contributed by atoms with van der Waals surface area (Å²) in [6, 6.07) is 6.49. The van der Waals surface area contributed by atoms with Gasteiger partial charge in [-0.15, -0.1) is 0 Å². The van der Waals surface area contributed by atoms with E-state index in [4.69, 9.17) is 4.52 Å². The molecule has 0 unspecified atom stereocenters. The van der Waals surface area contributed by atoms with E-state index in [0.717, 1.165) is 11.1 Å². The SMILES string of the molecule is Cc1cc(NS(=O)(=O)c2ccc(C)c(C)c2)on1. The molecule has 1 aromatic carbocycles. The number of nitrogens with zero attached hydrogens (tertiary/aromatic N) is 1. The molecule has 1 N–H and O–H groups in total. The number of sulfonamides is 1. The average Bonchev–Trinajstić information content (AvgIpc) is 2.67. The fourth-order valence-electron chi connectivity index (χ4n) is 1.48. The normalized spacial score (nSPS) is 11.5. The van der Waals surface area contributed by atoms with Gasteiger partial charge in [-0.1, -0.05) is 11.2 Å². The highest BCUT2D eigenvalue weighted by molar-refractivity contribution is 7.92. The van der Waals surface area contributed by atoms with Gasteiger partial charge in [0.2, 0.25) is 5.88 Å². The fraction of sp³-hybridized carbons (Fsp3) is 0.250. The Balaban J connectivity index is 2.33. The van der Waals surface area contributed by atoms with E-state index in [9.17, 15) is 8.42 Å². The van der Waals surface area contributed by atoms with Crippen LogP contribution in [0.3, 0.4) is 0 Å². The van der Waals surface area contributed by atoms with Gasteiger partial charge in [0, 0.05) is 6.07 Å². The first-order chi connectivity index (χ1) is 8.38. The van der Waals surface area contributed by atoms with Crippen LogP contribution in [0.15, 0.2) is 33.7 Å². The Hall–Kier alpha value is -1.82. The van der Waals surface area contributed by atoms with Crippen LogP contribution in [-0.2, 0) is 10.0 Å². The first-order valence-electron chi connectivity index (χ1n) is 5.42. The Bertz CT molecular complexity index is 674. The van der Waals surface area contributed by atoms with Crippen molar-refractivity contribution in [1.29, 1.82) is 0 Å². The Morgan fingerprint density at radius 1 is 1.11 bits per heavy atom. The lowest BCUT2D eigenvalue weighted by atomic mass is 10.1. The van der Waals surface area contributed by atoms with Gasteiger partial charge in [-0.25, -0.2) is 13.1 Å². The summed E-state index contributed by atoms with van der Waals surface area (Å²) in [7, 11) is -3.62. The molecule has 0 aliphatic rings. The topological polar surface area (TPSA) is 72.2 Å². The summed E-state index contributed by atoms with van der Waals surface area (Å²) in [5.74, 6) is 0.116. The summed E-state index contributed by atoms with van der Waals surface area (Å²) in [5.41, 5.74) is 2.59. The lowest BCUT2D eigenvalue weighted by molar-refractivity contribution is 0.430. The highest BCUT2D eigenvalue weighted by Gasteiger charge is 2.16. The summed E-state index contributed by atoms with van der Waals surface area (Å²) < 4.78 is 31.3. The van der Waals surface area contributed by atoms with Gasteiger partial charge in [-0.2, -0.15) is 0 Å². The number of nitrogens with one attached hydrogen (secondary N) is 1. The van der Waals surface area contributed by atoms with Gasteiger partial charge in [-0.3, -0.25) is 0 Å². The van der Waals surface area contributed by atoms with Crippen molar-refractivity contribution in [2.75, 3.05) is 4.72 Å². The number of aryl methyl sites for hydroxylation is 3. The Labute approximate surface area is 106 Å². The minimum absolute atomic E-state index is 0.116. The predicted molar refractivity (Wildman–Crippen MR) is 68.0 cm³/mol. The number of anilines is 1. The number of hydrogen-bond donors (Lipinski definition) is 1. The number of benzene rings is 1. The van der Waals surface area contributed by atoms with Crippen LogP contribution in [0.5, 0.6) is 0 Å². The fourth-order valence-corrected chi connectivity index (χ4v) is 2.54. The lowest BCUT2D eigenvalue weighted by Gasteiger charge is -2.06. The van der Waals surface area contributed by atoms with Crippen molar-refractivity contribution >= 4 is 15.9 Å². The van der Waals surface area contributed by atoms with Crippen molar-refractivity contribution < 1.29 is 12.9 Å². The second-order valence-electron chi connectivity index (χ2n) is 4.18. The van der Waals surface area contributed by atoms with Crippen LogP contribution in [0.4, 0.5) is 5.88 Å². The van der Waals surface area contributed by atoms with Crippen LogP contribution in [0, 0.1) is 20.8 Å². The van der Waals surface area contributed by atoms with Gasteiger partial charge in [-0.05, 0) is 44.0 Å². The van der Waals surface area contributed by atoms with Crippen LogP contribution in [0.2, 0.25) is 0 Å². The van der Waals surface area contributed by atoms with Gasteiger partial charge in [0.25, 0.3) is 10.0 Å². The lowest BCUT2D eigenvalue weighted by Crippen LogP contribution is -2.12. The molecule has 0 aliphatic heterocycles. The van der Waals surface area contributed by atoms with Crippen LogP contribution in [0.25, 0.3) is 0 Å². The van der Waals surface area contributed by atoms with Gasteiger partial charge in [0.05, 0.1) is 10.6 Å². The van der Waals surface area contributed by atoms with Crippen LogP contribution in [-0.4, -0.2) is 13.6 Å². The van der Waals surface area contributed by atoms with Crippen molar-refractivity contribution in [2.24, 2.45) is 0 Å². The molecule has 0 amide bonds. The van der Waals surface area contributed by atoms with Crippen molar-refractivity contribution in [3.63, 3.8) is 0 Å². The Morgan fingerprint density at radius 3 is 2.39 bits per heavy atom. The molecule has 0 saturated heterocycles. The molecular formula is C12H14N2O3S. The molecule has 0 spiro atoms. The molecule has 0 radical (unpaired) electrons. The first kappa shape index (κ1) is 12.6. The number of aromatic nitrogens is 1. The third-order valence-corrected chi connectivity index (χ3v) is 4.00. The monoisotopic (exact) mass is 266 g/mol. The third kappa shape index (κ3) is 2.53. The van der Waals surface area contributed by atoms with Crippen molar-refractivity contribution in [3.05, 3.63) is 41.1 Å². The molecule has 6 heteroatoms. The molecule has 0 fully saturated rings. The molecule has 2 aromatic rings. The smallest absolute Gasteiger partial charge is 0.264 e. The second kappa shape index (κ2) is 4.45. The van der Waals surface area contributed by atoms with E-state index in [1.165, 1.54) is 6.07 Å². The molecule has 0 atom stereocenters. The maximum absolute atomic E-state index is 12.1. The average molecular weight is 266 g/mol. The van der Waals surface area contributed by atoms with E-state index in [1.54, 1.807) is 25.1 Å². The molecule has 0 aliphatic carbocycles. The second-order valence-corrected chi connectivity index (χ2v) is 5.87. The first-order valence-corrected chi connectivity index (χ1v) is 6.90. The predicted octanol–water partition coefficient (Wildman–Crippen LogP) is 2.40. The Kier molecular flexibility index (Phi) is 3.13. The van der Waals surface area contributed by atoms with E-state index >= 15 is 0 Å². The zero-order valence-corrected chi connectivity index (χ0v) is 11.2. The molecule has 1 heterocycles. The summed E-state index contributed by atoms with van der Waals surface area (Å²) >= 11 is 0. The minimum Gasteiger partial charge on any atom is -0.338 e. The largest absolute Gasteiger partial charge is 0.338 e. The van der Waals surface area contributed by atoms with Gasteiger partial charge in [0.15, 0.2) is 0 Å². The van der Waals surface area contributed by atoms with Crippen molar-refractivity contribution in [2.45, 2.75) is 25.7 Å². The summed E-state index contributed by atoms with van der Waals surface area (Å²) in [6.07, 6.45) is 0. The molecule has 18 heavy (non-hydrogen) atoms. The summed E-state index contributed by atoms with van der Waals surface area (Å²) in [6.45, 7) is 5.52. The molecule has 5 nitrogen and oxygen atoms in total. The highest BCUT2D eigenvalue weighted by atomic mass is 32.2. The molecule has 0 bridgehead atoms. The maximum Gasteiger partial charge on any atom is 0.264 e. The van der Waals surface area contributed by atoms with E-state index < -0.39 is 10.0 Å². The zero-order valence-electron chi connectivity index (χ0n) is 10.4. The maximum atomic E-state index is 12.1. The zero-order chi connectivity index (χ0) is 13.3. The Morgan fingerprint density at radius 2 is 1.83 bits per heavy atom. The van der Waals surface area contributed by atoms with Crippen LogP contribution in [0.1, 0.15) is 16.8 Å². The molecule has 1 aromatic heterocycles. The molecular weight excluding hydrogens is 252 g/mol. The van der Waals surface area contributed by atoms with E-state index in [2.05, 4.69) is 9.88 Å². The van der Waals surface area contributed by atoms with Gasteiger partial charge in [0.1, 0.15) is 0 Å². The van der Waals surface area contributed by atoms with E-state index in [0.29, 0.717) is 5.69 Å². The summed E-state index contributed by atoms with van der Waals surface area (Å²) in [4.78, 5) is 0.208. The summed E-state index contributed by atoms with van der Waals surface area (Å²) in [5, 5.41) is 3.62. The van der Waals surface area contributed by atoms with Crippen LogP contribution >= 0.6 is 0 Å². The van der Waals surface area contributed by atoms with E-state index in [1.807, 2.05) is 13.8 Å². The number of rotatable bonds is 3. The van der Waals surface area contributed by atoms with Crippen molar-refractivity contribution in [3.8, 4) is 0 Å².